The molecule has 1 heteroatoms. The topological polar surface area (TPSA) is 0 Å². The SMILES string of the molecule is [B]C1CCC1(C)C. The van der Waals surface area contributed by atoms with Crippen molar-refractivity contribution in [1.29, 1.82) is 0 Å². The van der Waals surface area contributed by atoms with Gasteiger partial charge in [-0.1, -0.05) is 26.1 Å². The summed E-state index contributed by atoms with van der Waals surface area (Å²) in [5, 5.41) is 0. The van der Waals surface area contributed by atoms with Crippen molar-refractivity contribution in [2.45, 2.75) is 32.5 Å². The Balaban J connectivity index is 2.43. The maximum Gasteiger partial charge on any atom is 0.0706 e. The summed E-state index contributed by atoms with van der Waals surface area (Å²) in [5.41, 5.74) is 0.458. The van der Waals surface area contributed by atoms with E-state index in [2.05, 4.69) is 13.8 Å². The molecular formula is C6H11B. The third-order valence-electron chi connectivity index (χ3n) is 2.10. The van der Waals surface area contributed by atoms with Crippen molar-refractivity contribution >= 4 is 7.85 Å². The second-order valence-corrected chi connectivity index (χ2v) is 3.13. The smallest absolute Gasteiger partial charge is 0.0706 e. The summed E-state index contributed by atoms with van der Waals surface area (Å²) < 4.78 is 0. The normalized spacial score (nSPS) is 37.1. The van der Waals surface area contributed by atoms with E-state index in [9.17, 15) is 0 Å². The molecule has 38 valence electrons. The summed E-state index contributed by atoms with van der Waals surface area (Å²) in [7, 11) is 5.66. The van der Waals surface area contributed by atoms with Crippen molar-refractivity contribution in [2.75, 3.05) is 0 Å². The fourth-order valence-corrected chi connectivity index (χ4v) is 0.888. The van der Waals surface area contributed by atoms with Gasteiger partial charge in [-0.15, -0.1) is 0 Å². The first-order valence-corrected chi connectivity index (χ1v) is 2.88. The summed E-state index contributed by atoms with van der Waals surface area (Å²) in [5.74, 6) is 0.479. The Labute approximate surface area is 46.7 Å². The predicted molar refractivity (Wildman–Crippen MR) is 32.5 cm³/mol. The maximum absolute atomic E-state index is 5.66. The van der Waals surface area contributed by atoms with Crippen molar-refractivity contribution < 1.29 is 0 Å². The van der Waals surface area contributed by atoms with Crippen molar-refractivity contribution in [3.8, 4) is 0 Å². The van der Waals surface area contributed by atoms with Crippen molar-refractivity contribution in [3.05, 3.63) is 0 Å². The van der Waals surface area contributed by atoms with Gasteiger partial charge in [0.15, 0.2) is 0 Å². The molecule has 0 aromatic rings. The number of hydrogen-bond donors (Lipinski definition) is 0. The van der Waals surface area contributed by atoms with Gasteiger partial charge in [-0.05, 0) is 11.8 Å². The molecule has 1 saturated carbocycles. The zero-order chi connectivity index (χ0) is 5.49. The van der Waals surface area contributed by atoms with Crippen LogP contribution in [-0.4, -0.2) is 7.85 Å². The summed E-state index contributed by atoms with van der Waals surface area (Å²) in [4.78, 5) is 0. The second-order valence-electron chi connectivity index (χ2n) is 3.13. The Morgan fingerprint density at radius 3 is 2.00 bits per heavy atom. The fourth-order valence-electron chi connectivity index (χ4n) is 0.888. The van der Waals surface area contributed by atoms with Crippen LogP contribution in [0, 0.1) is 5.41 Å². The summed E-state index contributed by atoms with van der Waals surface area (Å²) in [6, 6.07) is 0. The molecule has 0 nitrogen and oxygen atoms in total. The van der Waals surface area contributed by atoms with Crippen molar-refractivity contribution in [1.82, 2.24) is 0 Å². The van der Waals surface area contributed by atoms with E-state index in [1.165, 1.54) is 12.8 Å². The summed E-state index contributed by atoms with van der Waals surface area (Å²) >= 11 is 0. The Morgan fingerprint density at radius 1 is 1.57 bits per heavy atom. The van der Waals surface area contributed by atoms with E-state index in [4.69, 9.17) is 7.85 Å². The first kappa shape index (κ1) is 5.21. The molecule has 1 atom stereocenters. The van der Waals surface area contributed by atoms with E-state index in [-0.39, 0.29) is 0 Å². The standard InChI is InChI=1S/C6H11B/c1-6(2)4-3-5(6)7/h5H,3-4H2,1-2H3. The van der Waals surface area contributed by atoms with E-state index < -0.39 is 0 Å². The van der Waals surface area contributed by atoms with Crippen LogP contribution in [0.2, 0.25) is 5.82 Å². The Morgan fingerprint density at radius 2 is 2.00 bits per heavy atom. The van der Waals surface area contributed by atoms with Gasteiger partial charge in [0.2, 0.25) is 0 Å². The highest BCUT2D eigenvalue weighted by atomic mass is 14.4. The second kappa shape index (κ2) is 1.27. The first-order valence-electron chi connectivity index (χ1n) is 2.88. The number of rotatable bonds is 0. The maximum atomic E-state index is 5.66. The van der Waals surface area contributed by atoms with Gasteiger partial charge in [0.25, 0.3) is 0 Å². The molecule has 1 aliphatic rings. The molecule has 0 aliphatic heterocycles. The third-order valence-corrected chi connectivity index (χ3v) is 2.10. The Bertz CT molecular complexity index is 76.2. The van der Waals surface area contributed by atoms with E-state index in [0.717, 1.165) is 0 Å². The van der Waals surface area contributed by atoms with Gasteiger partial charge in [-0.25, -0.2) is 0 Å². The quantitative estimate of drug-likeness (QED) is 0.401. The van der Waals surface area contributed by atoms with Gasteiger partial charge in [0, 0.05) is 0 Å². The lowest BCUT2D eigenvalue weighted by Crippen LogP contribution is -2.29. The van der Waals surface area contributed by atoms with E-state index >= 15 is 0 Å². The molecule has 0 amide bonds. The molecule has 1 aliphatic carbocycles. The molecule has 1 rings (SSSR count). The molecule has 2 radical (unpaired) electrons. The molecule has 0 bridgehead atoms. The molecule has 7 heavy (non-hydrogen) atoms. The largest absolute Gasteiger partial charge is 0.0723 e. The van der Waals surface area contributed by atoms with Crippen LogP contribution in [0.25, 0.3) is 0 Å². The van der Waals surface area contributed by atoms with Crippen molar-refractivity contribution in [3.63, 3.8) is 0 Å². The van der Waals surface area contributed by atoms with E-state index in [1.54, 1.807) is 0 Å². The average molecular weight is 94.0 g/mol. The van der Waals surface area contributed by atoms with Crippen LogP contribution in [0.15, 0.2) is 0 Å². The Hall–Kier alpha value is 0.0649. The summed E-state index contributed by atoms with van der Waals surface area (Å²) in [6.07, 6.45) is 2.54. The first-order chi connectivity index (χ1) is 3.13. The van der Waals surface area contributed by atoms with Crippen LogP contribution < -0.4 is 0 Å². The van der Waals surface area contributed by atoms with Crippen LogP contribution in [-0.2, 0) is 0 Å². The van der Waals surface area contributed by atoms with Gasteiger partial charge in [-0.3, -0.25) is 0 Å². The van der Waals surface area contributed by atoms with Crippen LogP contribution in [0.3, 0.4) is 0 Å². The Kier molecular flexibility index (Phi) is 0.945. The molecule has 0 N–H and O–H groups in total. The lowest BCUT2D eigenvalue weighted by Gasteiger charge is -2.42. The van der Waals surface area contributed by atoms with E-state index in [0.29, 0.717) is 11.2 Å². The molecular weight excluding hydrogens is 82.9 g/mol. The molecule has 0 aromatic heterocycles. The third kappa shape index (κ3) is 0.688. The molecule has 1 unspecified atom stereocenters. The minimum absolute atomic E-state index is 0.458. The molecule has 0 aromatic carbocycles. The molecule has 0 saturated heterocycles. The van der Waals surface area contributed by atoms with Crippen molar-refractivity contribution in [2.24, 2.45) is 5.41 Å². The lowest BCUT2D eigenvalue weighted by molar-refractivity contribution is 0.192. The fraction of sp³-hybridized carbons (Fsp3) is 1.00. The monoisotopic (exact) mass is 94.1 g/mol. The van der Waals surface area contributed by atoms with Crippen LogP contribution in [0.4, 0.5) is 0 Å². The highest BCUT2D eigenvalue weighted by Crippen LogP contribution is 2.48. The average Bonchev–Trinajstić information content (AvgIpc) is 1.63. The summed E-state index contributed by atoms with van der Waals surface area (Å²) in [6.45, 7) is 4.45. The predicted octanol–water partition coefficient (Wildman–Crippen LogP) is 1.76. The number of hydrogen-bond acceptors (Lipinski definition) is 0. The van der Waals surface area contributed by atoms with E-state index in [1.807, 2.05) is 0 Å². The molecule has 1 fully saturated rings. The minimum atomic E-state index is 0.458. The van der Waals surface area contributed by atoms with Crippen LogP contribution >= 0.6 is 0 Å². The molecule has 0 heterocycles. The van der Waals surface area contributed by atoms with Gasteiger partial charge in [0.05, 0.1) is 7.85 Å². The van der Waals surface area contributed by atoms with Gasteiger partial charge in [0.1, 0.15) is 0 Å². The lowest BCUT2D eigenvalue weighted by atomic mass is 9.54. The highest BCUT2D eigenvalue weighted by Gasteiger charge is 2.33. The zero-order valence-corrected chi connectivity index (χ0v) is 5.07. The van der Waals surface area contributed by atoms with Crippen LogP contribution in [0.5, 0.6) is 0 Å². The van der Waals surface area contributed by atoms with Gasteiger partial charge >= 0.3 is 0 Å². The van der Waals surface area contributed by atoms with Crippen LogP contribution in [0.1, 0.15) is 26.7 Å². The highest BCUT2D eigenvalue weighted by molar-refractivity contribution is 6.12. The zero-order valence-electron chi connectivity index (χ0n) is 5.07. The minimum Gasteiger partial charge on any atom is -0.0723 e. The van der Waals surface area contributed by atoms with Gasteiger partial charge in [-0.2, -0.15) is 0 Å². The van der Waals surface area contributed by atoms with Gasteiger partial charge < -0.3 is 0 Å². The molecule has 0 spiro atoms.